The molecule has 1 atom stereocenters. The van der Waals surface area contributed by atoms with Crippen molar-refractivity contribution in [2.45, 2.75) is 52.7 Å². The van der Waals surface area contributed by atoms with Gasteiger partial charge in [-0.2, -0.15) is 0 Å². The van der Waals surface area contributed by atoms with Crippen LogP contribution in [-0.2, 0) is 16.1 Å². The number of nitrogens with one attached hydrogen (secondary N) is 1. The van der Waals surface area contributed by atoms with Gasteiger partial charge in [-0.25, -0.2) is 0 Å². The second-order valence-electron chi connectivity index (χ2n) is 7.91. The van der Waals surface area contributed by atoms with Crippen molar-refractivity contribution in [1.82, 2.24) is 10.2 Å². The zero-order valence-corrected chi connectivity index (χ0v) is 19.7. The van der Waals surface area contributed by atoms with E-state index < -0.39 is 11.0 Å². The highest BCUT2D eigenvalue weighted by molar-refractivity contribution is 5.88. The maximum Gasteiger partial charge on any atom is 0.311 e. The largest absolute Gasteiger partial charge is 0.490 e. The van der Waals surface area contributed by atoms with Crippen LogP contribution in [0.5, 0.6) is 11.5 Å². The number of aryl methyl sites for hydroxylation is 1. The average molecular weight is 458 g/mol. The van der Waals surface area contributed by atoms with Crippen LogP contribution < -0.4 is 14.8 Å². The first kappa shape index (κ1) is 25.6. The van der Waals surface area contributed by atoms with E-state index in [1.807, 2.05) is 52.0 Å². The molecule has 0 fully saturated rings. The average Bonchev–Trinajstić information content (AvgIpc) is 2.77. The van der Waals surface area contributed by atoms with E-state index in [9.17, 15) is 19.7 Å². The summed E-state index contributed by atoms with van der Waals surface area (Å²) in [6.45, 7) is 7.45. The number of amides is 2. The molecule has 0 spiro atoms. The third-order valence-electron chi connectivity index (χ3n) is 5.13. The Hall–Kier alpha value is -3.62. The summed E-state index contributed by atoms with van der Waals surface area (Å²) < 4.78 is 10.7. The molecule has 2 aromatic carbocycles. The second-order valence-corrected chi connectivity index (χ2v) is 7.91. The minimum absolute atomic E-state index is 0.0319. The molecule has 0 aliphatic heterocycles. The lowest BCUT2D eigenvalue weighted by Gasteiger charge is -2.31. The van der Waals surface area contributed by atoms with Gasteiger partial charge < -0.3 is 19.7 Å². The van der Waals surface area contributed by atoms with E-state index in [1.54, 1.807) is 0 Å². The van der Waals surface area contributed by atoms with E-state index >= 15 is 0 Å². The van der Waals surface area contributed by atoms with Crippen LogP contribution in [0.3, 0.4) is 0 Å². The number of nitrogens with zero attached hydrogens (tertiary/aromatic N) is 2. The molecule has 0 unspecified atom stereocenters. The number of carbonyl (C=O) groups excluding carboxylic acids is 2. The maximum atomic E-state index is 13.2. The molecule has 2 amide bonds. The number of rotatable bonds is 11. The highest BCUT2D eigenvalue weighted by Gasteiger charge is 2.29. The fourth-order valence-corrected chi connectivity index (χ4v) is 3.40. The van der Waals surface area contributed by atoms with Crippen molar-refractivity contribution >= 4 is 17.5 Å². The molecule has 178 valence electrons. The molecule has 0 aliphatic rings. The Kier molecular flexibility index (Phi) is 9.20. The summed E-state index contributed by atoms with van der Waals surface area (Å²) in [5.74, 6) is -0.321. The summed E-state index contributed by atoms with van der Waals surface area (Å²) in [5, 5.41) is 14.0. The van der Waals surface area contributed by atoms with Gasteiger partial charge in [0.1, 0.15) is 11.8 Å². The highest BCUT2D eigenvalue weighted by Crippen LogP contribution is 2.30. The second kappa shape index (κ2) is 11.8. The molecule has 2 aromatic rings. The van der Waals surface area contributed by atoms with Gasteiger partial charge in [-0.3, -0.25) is 19.7 Å². The van der Waals surface area contributed by atoms with E-state index in [4.69, 9.17) is 9.47 Å². The van der Waals surface area contributed by atoms with Crippen LogP contribution in [0.1, 0.15) is 38.3 Å². The summed E-state index contributed by atoms with van der Waals surface area (Å²) in [7, 11) is 1.32. The minimum Gasteiger partial charge on any atom is -0.490 e. The van der Waals surface area contributed by atoms with E-state index in [-0.39, 0.29) is 48.2 Å². The van der Waals surface area contributed by atoms with Gasteiger partial charge in [0, 0.05) is 24.7 Å². The van der Waals surface area contributed by atoms with Crippen molar-refractivity contribution in [2.24, 2.45) is 0 Å². The number of nitro benzene ring substituents is 1. The fourth-order valence-electron chi connectivity index (χ4n) is 3.40. The predicted octanol–water partition coefficient (Wildman–Crippen LogP) is 3.62. The van der Waals surface area contributed by atoms with Crippen molar-refractivity contribution < 1.29 is 24.0 Å². The number of ether oxygens (including phenoxy) is 2. The van der Waals surface area contributed by atoms with Gasteiger partial charge in [0.05, 0.1) is 12.0 Å². The third kappa shape index (κ3) is 6.93. The molecule has 0 radical (unpaired) electrons. The molecule has 1 N–H and O–H groups in total. The van der Waals surface area contributed by atoms with Crippen LogP contribution in [-0.4, -0.2) is 47.4 Å². The molecule has 0 saturated carbocycles. The molecule has 0 bridgehead atoms. The first-order valence-corrected chi connectivity index (χ1v) is 10.8. The van der Waals surface area contributed by atoms with Gasteiger partial charge in [-0.1, -0.05) is 31.2 Å². The summed E-state index contributed by atoms with van der Waals surface area (Å²) >= 11 is 0. The van der Waals surface area contributed by atoms with Crippen LogP contribution in [0.15, 0.2) is 42.5 Å². The Morgan fingerprint density at radius 2 is 1.88 bits per heavy atom. The van der Waals surface area contributed by atoms with Crippen molar-refractivity contribution in [3.63, 3.8) is 0 Å². The topological polar surface area (TPSA) is 111 Å². The maximum absolute atomic E-state index is 13.2. The minimum atomic E-state index is -0.672. The molecular weight excluding hydrogens is 426 g/mol. The molecule has 9 nitrogen and oxygen atoms in total. The van der Waals surface area contributed by atoms with E-state index in [0.717, 1.165) is 11.1 Å². The lowest BCUT2D eigenvalue weighted by atomic mass is 10.1. The number of hydrogen-bond acceptors (Lipinski definition) is 6. The lowest BCUT2D eigenvalue weighted by Crippen LogP contribution is -2.51. The van der Waals surface area contributed by atoms with Crippen LogP contribution in [0.25, 0.3) is 0 Å². The van der Waals surface area contributed by atoms with Gasteiger partial charge in [0.15, 0.2) is 6.61 Å². The normalized spacial score (nSPS) is 11.6. The molecule has 0 saturated heterocycles. The van der Waals surface area contributed by atoms with Gasteiger partial charge in [-0.15, -0.1) is 0 Å². The molecule has 9 heteroatoms. The SMILES string of the molecule is CC[C@H](C(=O)NC(C)C)N(Cc1ccccc1C)C(=O)COc1ccc([N+](=O)[O-])c(OC)c1. The number of carbonyl (C=O) groups is 2. The van der Waals surface area contributed by atoms with Gasteiger partial charge in [0.25, 0.3) is 5.91 Å². The van der Waals surface area contributed by atoms with Gasteiger partial charge in [-0.05, 0) is 44.4 Å². The zero-order valence-electron chi connectivity index (χ0n) is 19.7. The molecular formula is C24H31N3O6. The molecule has 0 aliphatic carbocycles. The molecule has 2 rings (SSSR count). The van der Waals surface area contributed by atoms with Crippen molar-refractivity contribution in [2.75, 3.05) is 13.7 Å². The summed E-state index contributed by atoms with van der Waals surface area (Å²) in [5.41, 5.74) is 1.74. The van der Waals surface area contributed by atoms with Crippen LogP contribution >= 0.6 is 0 Å². The number of nitro groups is 1. The first-order valence-electron chi connectivity index (χ1n) is 10.8. The molecule has 0 heterocycles. The van der Waals surface area contributed by atoms with Crippen LogP contribution in [0.4, 0.5) is 5.69 Å². The quantitative estimate of drug-likeness (QED) is 0.408. The zero-order chi connectivity index (χ0) is 24.5. The van der Waals surface area contributed by atoms with Gasteiger partial charge >= 0.3 is 5.69 Å². The van der Waals surface area contributed by atoms with Gasteiger partial charge in [0.2, 0.25) is 11.7 Å². The fraction of sp³-hybridized carbons (Fsp3) is 0.417. The van der Waals surface area contributed by atoms with E-state index in [0.29, 0.717) is 6.42 Å². The molecule has 0 aromatic heterocycles. The Bertz CT molecular complexity index is 992. The van der Waals surface area contributed by atoms with Crippen molar-refractivity contribution in [1.29, 1.82) is 0 Å². The highest BCUT2D eigenvalue weighted by atomic mass is 16.6. The first-order chi connectivity index (χ1) is 15.7. The predicted molar refractivity (Wildman–Crippen MR) is 124 cm³/mol. The summed E-state index contributed by atoms with van der Waals surface area (Å²) in [4.78, 5) is 38.1. The van der Waals surface area contributed by atoms with Crippen LogP contribution in [0, 0.1) is 17.0 Å². The Labute approximate surface area is 193 Å². The smallest absolute Gasteiger partial charge is 0.311 e. The third-order valence-corrected chi connectivity index (χ3v) is 5.13. The van der Waals surface area contributed by atoms with E-state index in [2.05, 4.69) is 5.32 Å². The standard InChI is InChI=1S/C24H31N3O6/c1-6-20(24(29)25-16(2)3)26(14-18-10-8-7-9-17(18)4)23(28)15-33-19-11-12-21(27(30)31)22(13-19)32-5/h7-13,16,20H,6,14-15H2,1-5H3,(H,25,29)/t20-/m1/s1. The monoisotopic (exact) mass is 457 g/mol. The van der Waals surface area contributed by atoms with Crippen LogP contribution in [0.2, 0.25) is 0 Å². The summed E-state index contributed by atoms with van der Waals surface area (Å²) in [6.07, 6.45) is 0.432. The van der Waals surface area contributed by atoms with E-state index in [1.165, 1.54) is 30.2 Å². The van der Waals surface area contributed by atoms with Crippen molar-refractivity contribution in [3.05, 3.63) is 63.7 Å². The Morgan fingerprint density at radius 1 is 1.18 bits per heavy atom. The lowest BCUT2D eigenvalue weighted by molar-refractivity contribution is -0.385. The Balaban J connectivity index is 2.26. The summed E-state index contributed by atoms with van der Waals surface area (Å²) in [6, 6.07) is 11.0. The number of hydrogen-bond donors (Lipinski definition) is 1. The Morgan fingerprint density at radius 3 is 2.45 bits per heavy atom. The van der Waals surface area contributed by atoms with Crippen molar-refractivity contribution in [3.8, 4) is 11.5 Å². The number of benzene rings is 2. The molecule has 33 heavy (non-hydrogen) atoms. The number of methoxy groups -OCH3 is 1.